The van der Waals surface area contributed by atoms with E-state index < -0.39 is 12.0 Å². The van der Waals surface area contributed by atoms with Crippen LogP contribution in [0.25, 0.3) is 0 Å². The first kappa shape index (κ1) is 17.8. The number of nitrogens with zero attached hydrogens (tertiary/aromatic N) is 3. The minimum absolute atomic E-state index is 0.136. The lowest BCUT2D eigenvalue weighted by Crippen LogP contribution is -2.37. The van der Waals surface area contributed by atoms with Crippen LogP contribution < -0.4 is 5.32 Å². The molecule has 1 aromatic heterocycles. The molecule has 1 heterocycles. The van der Waals surface area contributed by atoms with Gasteiger partial charge in [0.15, 0.2) is 0 Å². The van der Waals surface area contributed by atoms with Crippen molar-refractivity contribution in [1.82, 2.24) is 20.3 Å². The molecular weight excluding hydrogens is 328 g/mol. The fourth-order valence-corrected chi connectivity index (χ4v) is 2.96. The summed E-state index contributed by atoms with van der Waals surface area (Å²) in [7, 11) is 0. The molecule has 134 valence electrons. The first-order valence-electron chi connectivity index (χ1n) is 8.55. The first-order chi connectivity index (χ1) is 12.6. The number of carbonyl (C=O) groups is 1. The van der Waals surface area contributed by atoms with Crippen molar-refractivity contribution in [1.29, 1.82) is 0 Å². The number of carbonyl (C=O) groups excluding carboxylic acids is 1. The lowest BCUT2D eigenvalue weighted by atomic mass is 9.88. The van der Waals surface area contributed by atoms with E-state index in [1.54, 1.807) is 12.4 Å². The minimum atomic E-state index is -0.742. The first-order valence-corrected chi connectivity index (χ1v) is 8.55. The summed E-state index contributed by atoms with van der Waals surface area (Å²) in [6.45, 7) is 2.42. The molecule has 2 unspecified atom stereocenters. The molecule has 2 atom stereocenters. The second-order valence-corrected chi connectivity index (χ2v) is 6.22. The molecule has 6 nitrogen and oxygen atoms in total. The number of hydrogen-bond acceptors (Lipinski definition) is 4. The normalized spacial score (nSPS) is 13.2. The summed E-state index contributed by atoms with van der Waals surface area (Å²) >= 11 is 0. The zero-order valence-electron chi connectivity index (χ0n) is 14.6. The van der Waals surface area contributed by atoms with Gasteiger partial charge in [-0.15, -0.1) is 5.10 Å². The highest BCUT2D eigenvalue weighted by Gasteiger charge is 2.24. The van der Waals surface area contributed by atoms with Gasteiger partial charge in [-0.25, -0.2) is 4.68 Å². The van der Waals surface area contributed by atoms with Crippen LogP contribution in [0.5, 0.6) is 0 Å². The van der Waals surface area contributed by atoms with Gasteiger partial charge in [0.25, 0.3) is 0 Å². The fourth-order valence-electron chi connectivity index (χ4n) is 2.96. The van der Waals surface area contributed by atoms with E-state index in [1.807, 2.05) is 61.5 Å². The molecule has 2 N–H and O–H groups in total. The van der Waals surface area contributed by atoms with Gasteiger partial charge in [-0.3, -0.25) is 4.79 Å². The molecule has 6 heteroatoms. The van der Waals surface area contributed by atoms with E-state index in [4.69, 9.17) is 0 Å². The highest BCUT2D eigenvalue weighted by molar-refractivity contribution is 5.87. The largest absolute Gasteiger partial charge is 0.389 e. The number of aliphatic hydroxyl groups is 1. The van der Waals surface area contributed by atoms with Crippen molar-refractivity contribution in [2.24, 2.45) is 0 Å². The Balaban J connectivity index is 1.74. The molecule has 0 saturated carbocycles. The predicted octanol–water partition coefficient (Wildman–Crippen LogP) is 1.90. The molecule has 3 rings (SSSR count). The lowest BCUT2D eigenvalue weighted by molar-refractivity contribution is -0.122. The molecule has 2 aromatic carbocycles. The van der Waals surface area contributed by atoms with E-state index in [0.717, 1.165) is 16.7 Å². The van der Waals surface area contributed by atoms with E-state index >= 15 is 0 Å². The molecule has 0 spiro atoms. The number of nitrogens with one attached hydrogen (secondary N) is 1. The van der Waals surface area contributed by atoms with Crippen molar-refractivity contribution < 1.29 is 9.90 Å². The number of rotatable bonds is 7. The average molecular weight is 350 g/mol. The Labute approximate surface area is 152 Å². The summed E-state index contributed by atoms with van der Waals surface area (Å²) in [4.78, 5) is 12.9. The van der Waals surface area contributed by atoms with Crippen LogP contribution in [0, 0.1) is 6.92 Å². The van der Waals surface area contributed by atoms with Crippen LogP contribution >= 0.6 is 0 Å². The summed E-state index contributed by atoms with van der Waals surface area (Å²) in [5.41, 5.74) is 2.94. The van der Waals surface area contributed by atoms with Gasteiger partial charge in [-0.1, -0.05) is 59.8 Å². The van der Waals surface area contributed by atoms with Crippen molar-refractivity contribution in [2.45, 2.75) is 25.5 Å². The van der Waals surface area contributed by atoms with Crippen LogP contribution in [-0.2, 0) is 11.3 Å². The lowest BCUT2D eigenvalue weighted by Gasteiger charge is -2.21. The Morgan fingerprint density at radius 3 is 2.58 bits per heavy atom. The minimum Gasteiger partial charge on any atom is -0.389 e. The maximum Gasteiger partial charge on any atom is 0.232 e. The maximum absolute atomic E-state index is 12.9. The van der Waals surface area contributed by atoms with Crippen molar-refractivity contribution in [3.8, 4) is 0 Å². The van der Waals surface area contributed by atoms with Crippen LogP contribution in [-0.4, -0.2) is 38.7 Å². The van der Waals surface area contributed by atoms with Crippen LogP contribution in [0.1, 0.15) is 22.6 Å². The Morgan fingerprint density at radius 2 is 1.88 bits per heavy atom. The van der Waals surface area contributed by atoms with Crippen LogP contribution in [0.2, 0.25) is 0 Å². The van der Waals surface area contributed by atoms with Gasteiger partial charge in [0.1, 0.15) is 0 Å². The predicted molar refractivity (Wildman–Crippen MR) is 98.5 cm³/mol. The summed E-state index contributed by atoms with van der Waals surface area (Å²) in [5, 5.41) is 20.5. The smallest absolute Gasteiger partial charge is 0.232 e. The van der Waals surface area contributed by atoms with Crippen molar-refractivity contribution in [3.63, 3.8) is 0 Å². The van der Waals surface area contributed by atoms with Crippen molar-refractivity contribution in [3.05, 3.63) is 83.7 Å². The number of aliphatic hydroxyl groups excluding tert-OH is 1. The monoisotopic (exact) mass is 350 g/mol. The molecule has 3 aromatic rings. The molecule has 0 saturated heterocycles. The van der Waals surface area contributed by atoms with E-state index in [0.29, 0.717) is 0 Å². The number of hydrogen-bond donors (Lipinski definition) is 2. The maximum atomic E-state index is 12.9. The topological polar surface area (TPSA) is 80.0 Å². The summed E-state index contributed by atoms with van der Waals surface area (Å²) < 4.78 is 1.53. The number of benzene rings is 2. The molecule has 0 aliphatic heterocycles. The molecule has 0 fully saturated rings. The van der Waals surface area contributed by atoms with E-state index in [-0.39, 0.29) is 19.0 Å². The average Bonchev–Trinajstić information content (AvgIpc) is 3.16. The van der Waals surface area contributed by atoms with Crippen LogP contribution in [0.3, 0.4) is 0 Å². The zero-order valence-corrected chi connectivity index (χ0v) is 14.6. The second-order valence-electron chi connectivity index (χ2n) is 6.22. The SMILES string of the molecule is Cc1ccccc1C(C(=O)NCC(O)Cn1ccnn1)c1ccccc1. The quantitative estimate of drug-likeness (QED) is 0.682. The zero-order chi connectivity index (χ0) is 18.4. The Morgan fingerprint density at radius 1 is 1.15 bits per heavy atom. The van der Waals surface area contributed by atoms with E-state index in [1.165, 1.54) is 4.68 Å². The van der Waals surface area contributed by atoms with Gasteiger partial charge in [0.05, 0.1) is 24.8 Å². The van der Waals surface area contributed by atoms with Crippen molar-refractivity contribution in [2.75, 3.05) is 6.54 Å². The van der Waals surface area contributed by atoms with Crippen LogP contribution in [0.4, 0.5) is 0 Å². The summed E-state index contributed by atoms with van der Waals surface area (Å²) in [6.07, 6.45) is 2.48. The Bertz CT molecular complexity index is 834. The Hall–Kier alpha value is -2.99. The van der Waals surface area contributed by atoms with Gasteiger partial charge in [0.2, 0.25) is 5.91 Å². The van der Waals surface area contributed by atoms with Gasteiger partial charge in [-0.05, 0) is 23.6 Å². The number of amides is 1. The molecule has 0 radical (unpaired) electrons. The second kappa shape index (κ2) is 8.40. The summed E-state index contributed by atoms with van der Waals surface area (Å²) in [5.74, 6) is -0.556. The third kappa shape index (κ3) is 4.34. The molecular formula is C20H22N4O2. The van der Waals surface area contributed by atoms with Gasteiger partial charge in [0, 0.05) is 12.7 Å². The molecule has 0 bridgehead atoms. The van der Waals surface area contributed by atoms with Crippen molar-refractivity contribution >= 4 is 5.91 Å². The number of aromatic nitrogens is 3. The van der Waals surface area contributed by atoms with E-state index in [2.05, 4.69) is 15.6 Å². The van der Waals surface area contributed by atoms with Crippen LogP contribution in [0.15, 0.2) is 67.0 Å². The van der Waals surface area contributed by atoms with E-state index in [9.17, 15) is 9.90 Å². The van der Waals surface area contributed by atoms with Gasteiger partial charge in [-0.2, -0.15) is 0 Å². The molecule has 26 heavy (non-hydrogen) atoms. The third-order valence-corrected chi connectivity index (χ3v) is 4.28. The standard InChI is InChI=1S/C20H22N4O2/c1-15-7-5-6-10-18(15)19(16-8-3-2-4-9-16)20(26)21-13-17(25)14-24-12-11-22-23-24/h2-12,17,19,25H,13-14H2,1H3,(H,21,26). The van der Waals surface area contributed by atoms with Gasteiger partial charge < -0.3 is 10.4 Å². The highest BCUT2D eigenvalue weighted by atomic mass is 16.3. The highest BCUT2D eigenvalue weighted by Crippen LogP contribution is 2.27. The molecule has 0 aliphatic carbocycles. The van der Waals surface area contributed by atoms with Gasteiger partial charge >= 0.3 is 0 Å². The Kier molecular flexibility index (Phi) is 5.76. The summed E-state index contributed by atoms with van der Waals surface area (Å²) in [6, 6.07) is 17.5. The number of aryl methyl sites for hydroxylation is 1. The molecule has 0 aliphatic rings. The molecule has 1 amide bonds. The third-order valence-electron chi connectivity index (χ3n) is 4.28. The fraction of sp³-hybridized carbons (Fsp3) is 0.250.